The van der Waals surface area contributed by atoms with Gasteiger partial charge in [-0.3, -0.25) is 4.79 Å². The van der Waals surface area contributed by atoms with E-state index in [-0.39, 0.29) is 5.91 Å². The van der Waals surface area contributed by atoms with Gasteiger partial charge in [0.15, 0.2) is 11.5 Å². The third kappa shape index (κ3) is 6.29. The van der Waals surface area contributed by atoms with Gasteiger partial charge in [-0.2, -0.15) is 0 Å². The van der Waals surface area contributed by atoms with Gasteiger partial charge in [-0.05, 0) is 35.4 Å². The summed E-state index contributed by atoms with van der Waals surface area (Å²) in [6.07, 6.45) is 1.70. The van der Waals surface area contributed by atoms with Crippen LogP contribution in [0.5, 0.6) is 23.0 Å². The highest BCUT2D eigenvalue weighted by atomic mass is 16.5. The number of rotatable bonds is 11. The maximum absolute atomic E-state index is 13.1. The van der Waals surface area contributed by atoms with Crippen molar-refractivity contribution in [3.8, 4) is 23.0 Å². The molecule has 3 aromatic carbocycles. The second-order valence-electron chi connectivity index (χ2n) is 7.39. The van der Waals surface area contributed by atoms with Crippen molar-refractivity contribution in [1.29, 1.82) is 0 Å². The molecule has 0 atom stereocenters. The number of hydrogen-bond donors (Lipinski definition) is 0. The molecule has 0 saturated heterocycles. The molecule has 0 unspecified atom stereocenters. The summed E-state index contributed by atoms with van der Waals surface area (Å²) in [6.45, 7) is 4.89. The van der Waals surface area contributed by atoms with Crippen molar-refractivity contribution in [2.45, 2.75) is 13.2 Å². The van der Waals surface area contributed by atoms with Gasteiger partial charge in [0.1, 0.15) is 19.0 Å². The van der Waals surface area contributed by atoms with Crippen molar-refractivity contribution < 1.29 is 23.7 Å². The van der Waals surface area contributed by atoms with Crippen LogP contribution in [-0.4, -0.2) is 38.7 Å². The first kappa shape index (κ1) is 23.7. The molecule has 0 fully saturated rings. The van der Waals surface area contributed by atoms with Gasteiger partial charge in [-0.1, -0.05) is 55.1 Å². The Morgan fingerprint density at radius 1 is 0.909 bits per heavy atom. The van der Waals surface area contributed by atoms with Crippen LogP contribution >= 0.6 is 0 Å². The molecule has 6 nitrogen and oxygen atoms in total. The van der Waals surface area contributed by atoms with Gasteiger partial charge in [-0.25, -0.2) is 0 Å². The van der Waals surface area contributed by atoms with E-state index >= 15 is 0 Å². The average molecular weight is 448 g/mol. The fourth-order valence-electron chi connectivity index (χ4n) is 3.29. The summed E-state index contributed by atoms with van der Waals surface area (Å²) in [5, 5.41) is 0. The van der Waals surface area contributed by atoms with Crippen LogP contribution in [0.15, 0.2) is 79.4 Å². The Morgan fingerprint density at radius 3 is 2.12 bits per heavy atom. The minimum Gasteiger partial charge on any atom is -0.493 e. The van der Waals surface area contributed by atoms with Gasteiger partial charge >= 0.3 is 0 Å². The van der Waals surface area contributed by atoms with Crippen molar-refractivity contribution in [2.24, 2.45) is 0 Å². The molecule has 0 heterocycles. The first-order valence-electron chi connectivity index (χ1n) is 10.6. The smallest absolute Gasteiger partial charge is 0.254 e. The number of nitrogens with zero attached hydrogens (tertiary/aromatic N) is 1. The zero-order valence-corrected chi connectivity index (χ0v) is 19.2. The quantitative estimate of drug-likeness (QED) is 0.382. The lowest BCUT2D eigenvalue weighted by atomic mass is 10.1. The molecule has 0 spiro atoms. The number of methoxy groups -OCH3 is 2. The predicted octanol–water partition coefficient (Wildman–Crippen LogP) is 5.12. The summed E-state index contributed by atoms with van der Waals surface area (Å²) in [4.78, 5) is 14.8. The topological polar surface area (TPSA) is 57.2 Å². The van der Waals surface area contributed by atoms with Crippen LogP contribution in [0.4, 0.5) is 0 Å². The minimum atomic E-state index is -0.159. The highest BCUT2D eigenvalue weighted by Gasteiger charge is 2.20. The Hall–Kier alpha value is -3.93. The highest BCUT2D eigenvalue weighted by Crippen LogP contribution is 2.39. The van der Waals surface area contributed by atoms with Crippen LogP contribution in [0.3, 0.4) is 0 Å². The summed E-state index contributed by atoms with van der Waals surface area (Å²) in [5.41, 5.74) is 2.45. The highest BCUT2D eigenvalue weighted by molar-refractivity contribution is 5.95. The molecule has 0 aliphatic carbocycles. The van der Waals surface area contributed by atoms with Gasteiger partial charge in [0.05, 0.1) is 14.2 Å². The fraction of sp³-hybridized carbons (Fsp3) is 0.222. The van der Waals surface area contributed by atoms with E-state index in [2.05, 4.69) is 6.58 Å². The van der Waals surface area contributed by atoms with Gasteiger partial charge in [0.2, 0.25) is 5.75 Å². The Balaban J connectivity index is 1.74. The zero-order valence-electron chi connectivity index (χ0n) is 19.2. The normalized spacial score (nSPS) is 10.3. The molecule has 0 radical (unpaired) electrons. The number of carbonyl (C=O) groups excluding carboxylic acids is 1. The van der Waals surface area contributed by atoms with E-state index in [1.807, 2.05) is 54.6 Å². The first-order valence-corrected chi connectivity index (χ1v) is 10.6. The van der Waals surface area contributed by atoms with E-state index < -0.39 is 0 Å². The number of ether oxygens (including phenoxy) is 4. The predicted molar refractivity (Wildman–Crippen MR) is 128 cm³/mol. The molecule has 3 rings (SSSR count). The third-order valence-electron chi connectivity index (χ3n) is 4.99. The Kier molecular flexibility index (Phi) is 8.36. The summed E-state index contributed by atoms with van der Waals surface area (Å²) in [5.74, 6) is 1.93. The van der Waals surface area contributed by atoms with Crippen molar-refractivity contribution in [2.75, 3.05) is 27.9 Å². The molecule has 3 aromatic rings. The summed E-state index contributed by atoms with van der Waals surface area (Å²) in [6, 6.07) is 20.8. The average Bonchev–Trinajstić information content (AvgIpc) is 2.86. The van der Waals surface area contributed by atoms with Crippen LogP contribution in [0.2, 0.25) is 0 Å². The SMILES string of the molecule is C=CCOc1ccc(CN(C)C(=O)c2cc(OC)c(OCc3ccccc3)c(OC)c2)cc1. The molecular formula is C27H29NO5. The number of carbonyl (C=O) groups is 1. The third-order valence-corrected chi connectivity index (χ3v) is 4.99. The van der Waals surface area contributed by atoms with E-state index in [4.69, 9.17) is 18.9 Å². The van der Waals surface area contributed by atoms with Gasteiger partial charge < -0.3 is 23.8 Å². The molecule has 0 aromatic heterocycles. The molecular weight excluding hydrogens is 418 g/mol. The molecule has 0 saturated carbocycles. The summed E-state index contributed by atoms with van der Waals surface area (Å²) < 4.78 is 22.5. The lowest BCUT2D eigenvalue weighted by Gasteiger charge is -2.20. The van der Waals surface area contributed by atoms with Crippen LogP contribution in [0, 0.1) is 0 Å². The Morgan fingerprint density at radius 2 is 1.55 bits per heavy atom. The van der Waals surface area contributed by atoms with E-state index in [0.717, 1.165) is 16.9 Å². The van der Waals surface area contributed by atoms with Crippen LogP contribution in [0.25, 0.3) is 0 Å². The number of amides is 1. The lowest BCUT2D eigenvalue weighted by Crippen LogP contribution is -2.26. The van der Waals surface area contributed by atoms with Crippen LogP contribution < -0.4 is 18.9 Å². The molecule has 0 N–H and O–H groups in total. The molecule has 33 heavy (non-hydrogen) atoms. The molecule has 1 amide bonds. The molecule has 6 heteroatoms. The first-order chi connectivity index (χ1) is 16.0. The maximum Gasteiger partial charge on any atom is 0.254 e. The monoisotopic (exact) mass is 447 g/mol. The molecule has 0 aliphatic rings. The van der Waals surface area contributed by atoms with E-state index in [0.29, 0.717) is 42.6 Å². The molecule has 0 aliphatic heterocycles. The van der Waals surface area contributed by atoms with Gasteiger partial charge in [-0.15, -0.1) is 0 Å². The number of hydrogen-bond acceptors (Lipinski definition) is 5. The Labute approximate surface area is 195 Å². The standard InChI is InChI=1S/C27H29NO5/c1-5-15-32-23-13-11-20(12-14-23)18-28(2)27(29)22-16-24(30-3)26(25(17-22)31-4)33-19-21-9-7-6-8-10-21/h5-14,16-17H,1,15,18-19H2,2-4H3. The Bertz CT molecular complexity index is 1040. The molecule has 172 valence electrons. The van der Waals surface area contributed by atoms with Crippen molar-refractivity contribution >= 4 is 5.91 Å². The fourth-order valence-corrected chi connectivity index (χ4v) is 3.29. The minimum absolute atomic E-state index is 0.159. The summed E-state index contributed by atoms with van der Waals surface area (Å²) >= 11 is 0. The maximum atomic E-state index is 13.1. The van der Waals surface area contributed by atoms with Crippen LogP contribution in [0.1, 0.15) is 21.5 Å². The molecule has 0 bridgehead atoms. The van der Waals surface area contributed by atoms with Gasteiger partial charge in [0.25, 0.3) is 5.91 Å². The lowest BCUT2D eigenvalue weighted by molar-refractivity contribution is 0.0784. The number of benzene rings is 3. The van der Waals surface area contributed by atoms with Crippen LogP contribution in [-0.2, 0) is 13.2 Å². The zero-order chi connectivity index (χ0) is 23.6. The second kappa shape index (κ2) is 11.6. The largest absolute Gasteiger partial charge is 0.493 e. The summed E-state index contributed by atoms with van der Waals surface area (Å²) in [7, 11) is 4.83. The van der Waals surface area contributed by atoms with Gasteiger partial charge in [0, 0.05) is 19.2 Å². The van der Waals surface area contributed by atoms with Crippen molar-refractivity contribution in [3.63, 3.8) is 0 Å². The van der Waals surface area contributed by atoms with E-state index in [1.54, 1.807) is 30.2 Å². The van der Waals surface area contributed by atoms with Crippen molar-refractivity contribution in [3.05, 3.63) is 96.1 Å². The van der Waals surface area contributed by atoms with E-state index in [9.17, 15) is 4.79 Å². The van der Waals surface area contributed by atoms with E-state index in [1.165, 1.54) is 14.2 Å². The van der Waals surface area contributed by atoms with Crippen molar-refractivity contribution in [1.82, 2.24) is 4.90 Å². The second-order valence-corrected chi connectivity index (χ2v) is 7.39.